The highest BCUT2D eigenvalue weighted by molar-refractivity contribution is 6.31. The molecule has 0 heterocycles. The van der Waals surface area contributed by atoms with Gasteiger partial charge in [-0.3, -0.25) is 4.79 Å². The lowest BCUT2D eigenvalue weighted by Gasteiger charge is -2.02. The maximum atomic E-state index is 9.56. The van der Waals surface area contributed by atoms with Crippen LogP contribution in [-0.2, 0) is 4.79 Å². The molecule has 3 aromatic rings. The fourth-order valence-electron chi connectivity index (χ4n) is 1.96. The van der Waals surface area contributed by atoms with Crippen molar-refractivity contribution in [3.8, 4) is 22.6 Å². The fourth-order valence-corrected chi connectivity index (χ4v) is 2.08. The maximum absolute atomic E-state index is 9.56. The summed E-state index contributed by atoms with van der Waals surface area (Å²) in [4.78, 5) is 9.24. The maximum Gasteiger partial charge on any atom is 0.317 e. The molecule has 6 heteroatoms. The molecule has 0 atom stereocenters. The third-order valence-corrected chi connectivity index (χ3v) is 3.73. The van der Waals surface area contributed by atoms with E-state index in [1.165, 1.54) is 0 Å². The van der Waals surface area contributed by atoms with Gasteiger partial charge in [0.1, 0.15) is 11.5 Å². The van der Waals surface area contributed by atoms with E-state index in [0.717, 1.165) is 16.7 Å². The molecule has 0 saturated heterocycles. The monoisotopic (exact) mass is 387 g/mol. The number of phenols is 2. The van der Waals surface area contributed by atoms with Crippen LogP contribution in [0, 0.1) is 6.92 Å². The summed E-state index contributed by atoms with van der Waals surface area (Å²) in [5.41, 5.74) is 7.39. The van der Waals surface area contributed by atoms with Gasteiger partial charge in [-0.15, -0.1) is 0 Å². The molecule has 0 aliphatic carbocycles. The summed E-state index contributed by atoms with van der Waals surface area (Å²) in [6, 6.07) is 22.1. The second-order valence-corrected chi connectivity index (χ2v) is 5.82. The van der Waals surface area contributed by atoms with E-state index >= 15 is 0 Å². The van der Waals surface area contributed by atoms with Crippen molar-refractivity contribution in [2.24, 2.45) is 5.73 Å². The zero-order valence-corrected chi connectivity index (χ0v) is 15.6. The molecule has 142 valence electrons. The van der Waals surface area contributed by atoms with Gasteiger partial charge in [-0.25, -0.2) is 0 Å². The number of aromatic hydroxyl groups is 2. The van der Waals surface area contributed by atoms with Gasteiger partial charge in [-0.05, 0) is 42.3 Å². The average molecular weight is 388 g/mol. The van der Waals surface area contributed by atoms with Crippen LogP contribution in [0.1, 0.15) is 5.56 Å². The molecule has 0 spiro atoms. The smallest absolute Gasteiger partial charge is 0.317 e. The molecule has 0 amide bonds. The van der Waals surface area contributed by atoms with Crippen molar-refractivity contribution < 1.29 is 20.1 Å². The van der Waals surface area contributed by atoms with Gasteiger partial charge in [0, 0.05) is 10.6 Å². The normalized spacial score (nSPS) is 9.30. The molecule has 0 fully saturated rings. The van der Waals surface area contributed by atoms with Crippen LogP contribution in [0.15, 0.2) is 72.8 Å². The molecule has 0 aliphatic rings. The number of carboxylic acid groups (broad SMARTS) is 1. The standard InChI is InChI=1S/C12H10O.C7H7ClO.C2H5NO2/c13-12-9-5-4-8-11(12)10-6-2-1-3-7-10;1-5-4-6(9)2-3-7(5)8;3-1-2(4)5/h1-9,13H;2-4,9H,1H3;1,3H2,(H,4,5). The minimum Gasteiger partial charge on any atom is -0.508 e. The van der Waals surface area contributed by atoms with Gasteiger partial charge in [0.05, 0.1) is 6.54 Å². The summed E-state index contributed by atoms with van der Waals surface area (Å²) in [6.07, 6.45) is 0. The summed E-state index contributed by atoms with van der Waals surface area (Å²) in [5.74, 6) is -0.379. The molecule has 3 rings (SSSR count). The molecule has 5 nitrogen and oxygen atoms in total. The van der Waals surface area contributed by atoms with Crippen molar-refractivity contribution in [1.82, 2.24) is 0 Å². The highest BCUT2D eigenvalue weighted by Crippen LogP contribution is 2.27. The van der Waals surface area contributed by atoms with E-state index in [1.807, 2.05) is 55.5 Å². The van der Waals surface area contributed by atoms with E-state index < -0.39 is 5.97 Å². The molecule has 0 aromatic heterocycles. The predicted octanol–water partition coefficient (Wildman–Crippen LogP) is 4.44. The van der Waals surface area contributed by atoms with Gasteiger partial charge in [0.2, 0.25) is 0 Å². The summed E-state index contributed by atoms with van der Waals surface area (Å²) < 4.78 is 0. The van der Waals surface area contributed by atoms with Crippen LogP contribution in [0.25, 0.3) is 11.1 Å². The quantitative estimate of drug-likeness (QED) is 0.520. The summed E-state index contributed by atoms with van der Waals surface area (Å²) >= 11 is 5.67. The van der Waals surface area contributed by atoms with E-state index in [1.54, 1.807) is 24.3 Å². The van der Waals surface area contributed by atoms with Crippen LogP contribution < -0.4 is 5.73 Å². The molecular weight excluding hydrogens is 366 g/mol. The third-order valence-electron chi connectivity index (χ3n) is 3.30. The van der Waals surface area contributed by atoms with Crippen LogP contribution in [-0.4, -0.2) is 27.8 Å². The van der Waals surface area contributed by atoms with Crippen LogP contribution in [0.3, 0.4) is 0 Å². The first-order chi connectivity index (χ1) is 12.8. The number of carboxylic acids is 1. The molecule has 27 heavy (non-hydrogen) atoms. The highest BCUT2D eigenvalue weighted by atomic mass is 35.5. The lowest BCUT2D eigenvalue weighted by Crippen LogP contribution is -2.10. The third kappa shape index (κ3) is 8.27. The van der Waals surface area contributed by atoms with Crippen molar-refractivity contribution >= 4 is 17.6 Å². The van der Waals surface area contributed by atoms with Crippen LogP contribution >= 0.6 is 11.6 Å². The average Bonchev–Trinajstić information content (AvgIpc) is 2.67. The zero-order valence-electron chi connectivity index (χ0n) is 14.8. The van der Waals surface area contributed by atoms with Gasteiger partial charge in [-0.1, -0.05) is 60.1 Å². The Hall–Kier alpha value is -3.02. The molecule has 0 aliphatic heterocycles. The Labute approximate surface area is 163 Å². The molecule has 3 aromatic carbocycles. The van der Waals surface area contributed by atoms with Crippen LogP contribution in [0.5, 0.6) is 11.5 Å². The van der Waals surface area contributed by atoms with E-state index in [0.29, 0.717) is 10.8 Å². The van der Waals surface area contributed by atoms with Crippen molar-refractivity contribution in [3.63, 3.8) is 0 Å². The Morgan fingerprint density at radius 2 is 1.52 bits per heavy atom. The number of aryl methyl sites for hydroxylation is 1. The number of rotatable bonds is 2. The second-order valence-electron chi connectivity index (χ2n) is 5.41. The van der Waals surface area contributed by atoms with Gasteiger partial charge in [-0.2, -0.15) is 0 Å². The lowest BCUT2D eigenvalue weighted by molar-refractivity contribution is -0.135. The number of hydrogen-bond donors (Lipinski definition) is 4. The number of para-hydroxylation sites is 1. The van der Waals surface area contributed by atoms with Crippen LogP contribution in [0.4, 0.5) is 0 Å². The van der Waals surface area contributed by atoms with Gasteiger partial charge in [0.15, 0.2) is 0 Å². The summed E-state index contributed by atoms with van der Waals surface area (Å²) in [5, 5.41) is 26.7. The van der Waals surface area contributed by atoms with Crippen molar-refractivity contribution in [2.45, 2.75) is 6.92 Å². The Kier molecular flexibility index (Phi) is 9.43. The minimum absolute atomic E-state index is 0.261. The van der Waals surface area contributed by atoms with Crippen molar-refractivity contribution in [1.29, 1.82) is 0 Å². The first kappa shape index (κ1) is 22.0. The number of phenolic OH excluding ortho intramolecular Hbond substituents is 2. The Bertz CT molecular complexity index is 854. The van der Waals surface area contributed by atoms with Gasteiger partial charge in [0.25, 0.3) is 0 Å². The molecule has 0 radical (unpaired) electrons. The Morgan fingerprint density at radius 1 is 0.963 bits per heavy atom. The SMILES string of the molecule is Cc1cc(O)ccc1Cl.NCC(=O)O.Oc1ccccc1-c1ccccc1. The highest BCUT2D eigenvalue weighted by Gasteiger charge is 2.00. The topological polar surface area (TPSA) is 104 Å². The fraction of sp³-hybridized carbons (Fsp3) is 0.0952. The molecule has 0 bridgehead atoms. The van der Waals surface area contributed by atoms with E-state index in [2.05, 4.69) is 5.73 Å². The molecule has 0 unspecified atom stereocenters. The molecule has 0 saturated carbocycles. The molecule has 5 N–H and O–H groups in total. The van der Waals surface area contributed by atoms with E-state index in [9.17, 15) is 9.90 Å². The summed E-state index contributed by atoms with van der Waals surface area (Å²) in [6.45, 7) is 1.57. The predicted molar refractivity (Wildman–Crippen MR) is 108 cm³/mol. The first-order valence-electron chi connectivity index (χ1n) is 8.05. The number of aliphatic carboxylic acids is 1. The van der Waals surface area contributed by atoms with E-state index in [4.69, 9.17) is 21.8 Å². The van der Waals surface area contributed by atoms with Gasteiger partial charge < -0.3 is 21.1 Å². The summed E-state index contributed by atoms with van der Waals surface area (Å²) in [7, 11) is 0. The number of halogens is 1. The number of carbonyl (C=O) groups is 1. The molecular formula is C21H22ClNO4. The lowest BCUT2D eigenvalue weighted by atomic mass is 10.1. The number of benzene rings is 3. The Morgan fingerprint density at radius 3 is 2.00 bits per heavy atom. The van der Waals surface area contributed by atoms with Gasteiger partial charge >= 0.3 is 5.97 Å². The van der Waals surface area contributed by atoms with Crippen LogP contribution in [0.2, 0.25) is 5.02 Å². The number of hydrogen-bond acceptors (Lipinski definition) is 4. The van der Waals surface area contributed by atoms with E-state index in [-0.39, 0.29) is 12.3 Å². The van der Waals surface area contributed by atoms with Crippen molar-refractivity contribution in [3.05, 3.63) is 83.4 Å². The van der Waals surface area contributed by atoms with Crippen molar-refractivity contribution in [2.75, 3.05) is 6.54 Å². The Balaban J connectivity index is 0.000000227. The largest absolute Gasteiger partial charge is 0.508 e. The minimum atomic E-state index is -0.968. The number of nitrogens with two attached hydrogens (primary N) is 1. The zero-order chi connectivity index (χ0) is 20.2. The second kappa shape index (κ2) is 11.6. The first-order valence-corrected chi connectivity index (χ1v) is 8.43.